The number of amides is 1. The molecular weight excluding hydrogens is 258 g/mol. The lowest BCUT2D eigenvalue weighted by atomic mass is 9.86. The third-order valence-corrected chi connectivity index (χ3v) is 4.52. The zero-order chi connectivity index (χ0) is 13.7. The summed E-state index contributed by atoms with van der Waals surface area (Å²) in [5.74, 6) is 0.826. The van der Waals surface area contributed by atoms with Crippen LogP contribution in [0, 0.1) is 5.92 Å². The number of nitrogens with one attached hydrogen (secondary N) is 1. The SMILES string of the molecule is CC(N)c1csc(NC(=O)CCC2CCCCC2)n1. The van der Waals surface area contributed by atoms with Gasteiger partial charge in [-0.05, 0) is 19.3 Å². The van der Waals surface area contributed by atoms with Gasteiger partial charge in [-0.1, -0.05) is 32.1 Å². The second kappa shape index (κ2) is 7.01. The first-order valence-electron chi connectivity index (χ1n) is 7.16. The van der Waals surface area contributed by atoms with Gasteiger partial charge in [-0.15, -0.1) is 11.3 Å². The molecule has 0 aliphatic heterocycles. The minimum atomic E-state index is -0.0795. The van der Waals surface area contributed by atoms with Crippen LogP contribution in [0.2, 0.25) is 0 Å². The molecule has 1 amide bonds. The Labute approximate surface area is 118 Å². The van der Waals surface area contributed by atoms with Crippen molar-refractivity contribution in [1.29, 1.82) is 0 Å². The van der Waals surface area contributed by atoms with Crippen LogP contribution in [0.5, 0.6) is 0 Å². The van der Waals surface area contributed by atoms with Crippen LogP contribution in [0.4, 0.5) is 5.13 Å². The lowest BCUT2D eigenvalue weighted by molar-refractivity contribution is -0.116. The number of hydrogen-bond acceptors (Lipinski definition) is 4. The zero-order valence-corrected chi connectivity index (χ0v) is 12.3. The van der Waals surface area contributed by atoms with E-state index < -0.39 is 0 Å². The molecule has 19 heavy (non-hydrogen) atoms. The summed E-state index contributed by atoms with van der Waals surface area (Å²) >= 11 is 1.44. The van der Waals surface area contributed by atoms with Crippen molar-refractivity contribution in [3.05, 3.63) is 11.1 Å². The number of aromatic nitrogens is 1. The normalized spacial score (nSPS) is 18.2. The van der Waals surface area contributed by atoms with Gasteiger partial charge in [0.2, 0.25) is 5.91 Å². The molecule has 0 radical (unpaired) electrons. The average molecular weight is 281 g/mol. The largest absolute Gasteiger partial charge is 0.323 e. The molecule has 1 aromatic rings. The van der Waals surface area contributed by atoms with Crippen molar-refractivity contribution in [1.82, 2.24) is 4.98 Å². The Morgan fingerprint density at radius 2 is 2.26 bits per heavy atom. The van der Waals surface area contributed by atoms with Crippen molar-refractivity contribution in [2.75, 3.05) is 5.32 Å². The van der Waals surface area contributed by atoms with Crippen molar-refractivity contribution >= 4 is 22.4 Å². The van der Waals surface area contributed by atoms with Gasteiger partial charge in [-0.25, -0.2) is 4.98 Å². The summed E-state index contributed by atoms with van der Waals surface area (Å²) in [6.07, 6.45) is 8.22. The van der Waals surface area contributed by atoms with Crippen LogP contribution < -0.4 is 11.1 Å². The van der Waals surface area contributed by atoms with Crippen LogP contribution in [-0.2, 0) is 4.79 Å². The second-order valence-electron chi connectivity index (χ2n) is 5.46. The van der Waals surface area contributed by atoms with Crippen LogP contribution >= 0.6 is 11.3 Å². The first-order valence-corrected chi connectivity index (χ1v) is 8.04. The number of hydrogen-bond donors (Lipinski definition) is 2. The first kappa shape index (κ1) is 14.5. The summed E-state index contributed by atoms with van der Waals surface area (Å²) in [4.78, 5) is 16.2. The Hall–Kier alpha value is -0.940. The molecule has 106 valence electrons. The summed E-state index contributed by atoms with van der Waals surface area (Å²) in [7, 11) is 0. The lowest BCUT2D eigenvalue weighted by Crippen LogP contribution is -2.15. The molecule has 1 atom stereocenters. The maximum atomic E-state index is 11.9. The maximum Gasteiger partial charge on any atom is 0.226 e. The van der Waals surface area contributed by atoms with Gasteiger partial charge in [0, 0.05) is 17.8 Å². The molecule has 1 aliphatic carbocycles. The third-order valence-electron chi connectivity index (χ3n) is 3.74. The van der Waals surface area contributed by atoms with Crippen LogP contribution in [0.1, 0.15) is 63.6 Å². The van der Waals surface area contributed by atoms with Crippen molar-refractivity contribution in [3.8, 4) is 0 Å². The minimum Gasteiger partial charge on any atom is -0.323 e. The molecule has 1 aromatic heterocycles. The number of nitrogens with two attached hydrogens (primary N) is 1. The Bertz CT molecular complexity index is 411. The van der Waals surface area contributed by atoms with E-state index in [2.05, 4.69) is 10.3 Å². The fourth-order valence-corrected chi connectivity index (χ4v) is 3.38. The van der Waals surface area contributed by atoms with Crippen molar-refractivity contribution in [2.24, 2.45) is 11.7 Å². The Morgan fingerprint density at radius 3 is 2.89 bits per heavy atom. The van der Waals surface area contributed by atoms with E-state index >= 15 is 0 Å². The molecule has 1 fully saturated rings. The molecule has 1 saturated carbocycles. The van der Waals surface area contributed by atoms with Gasteiger partial charge in [0.05, 0.1) is 5.69 Å². The first-order chi connectivity index (χ1) is 9.15. The molecule has 0 aromatic carbocycles. The molecule has 1 aliphatic rings. The van der Waals surface area contributed by atoms with Crippen molar-refractivity contribution in [2.45, 2.75) is 57.9 Å². The zero-order valence-electron chi connectivity index (χ0n) is 11.5. The van der Waals surface area contributed by atoms with Gasteiger partial charge >= 0.3 is 0 Å². The molecule has 1 heterocycles. The number of carbonyl (C=O) groups is 1. The lowest BCUT2D eigenvalue weighted by Gasteiger charge is -2.20. The quantitative estimate of drug-likeness (QED) is 0.868. The Morgan fingerprint density at radius 1 is 1.53 bits per heavy atom. The number of carbonyl (C=O) groups excluding carboxylic acids is 1. The highest BCUT2D eigenvalue weighted by Crippen LogP contribution is 2.27. The predicted octanol–water partition coefficient (Wildman–Crippen LogP) is 3.46. The Balaban J connectivity index is 1.73. The predicted molar refractivity (Wildman–Crippen MR) is 79.2 cm³/mol. The fourth-order valence-electron chi connectivity index (χ4n) is 2.55. The summed E-state index contributed by atoms with van der Waals surface area (Å²) < 4.78 is 0. The van der Waals surface area contributed by atoms with E-state index in [-0.39, 0.29) is 11.9 Å². The van der Waals surface area contributed by atoms with E-state index in [9.17, 15) is 4.79 Å². The smallest absolute Gasteiger partial charge is 0.226 e. The van der Waals surface area contributed by atoms with E-state index in [1.807, 2.05) is 12.3 Å². The van der Waals surface area contributed by atoms with Crippen molar-refractivity contribution in [3.63, 3.8) is 0 Å². The molecule has 4 nitrogen and oxygen atoms in total. The highest BCUT2D eigenvalue weighted by atomic mass is 32.1. The van der Waals surface area contributed by atoms with Gasteiger partial charge < -0.3 is 11.1 Å². The van der Waals surface area contributed by atoms with E-state index in [1.54, 1.807) is 0 Å². The maximum absolute atomic E-state index is 11.9. The second-order valence-corrected chi connectivity index (χ2v) is 6.32. The average Bonchev–Trinajstić information content (AvgIpc) is 2.86. The molecule has 2 rings (SSSR count). The van der Waals surface area contributed by atoms with E-state index in [0.717, 1.165) is 18.0 Å². The molecular formula is C14H23N3OS. The molecule has 0 spiro atoms. The summed E-state index contributed by atoms with van der Waals surface area (Å²) in [6, 6.07) is -0.0795. The summed E-state index contributed by atoms with van der Waals surface area (Å²) in [5.41, 5.74) is 6.59. The molecule has 0 bridgehead atoms. The summed E-state index contributed by atoms with van der Waals surface area (Å²) in [5, 5.41) is 5.44. The fraction of sp³-hybridized carbons (Fsp3) is 0.714. The standard InChI is InChI=1S/C14H23N3OS/c1-10(15)12-9-19-14(16-12)17-13(18)8-7-11-5-3-2-4-6-11/h9-11H,2-8,15H2,1H3,(H,16,17,18). The highest BCUT2D eigenvalue weighted by Gasteiger charge is 2.15. The molecule has 3 N–H and O–H groups in total. The van der Waals surface area contributed by atoms with E-state index in [0.29, 0.717) is 11.6 Å². The topological polar surface area (TPSA) is 68.0 Å². The van der Waals surface area contributed by atoms with Crippen LogP contribution in [0.15, 0.2) is 5.38 Å². The van der Waals surface area contributed by atoms with Crippen molar-refractivity contribution < 1.29 is 4.79 Å². The number of thiazole rings is 1. The molecule has 5 heteroatoms. The number of nitrogens with zero attached hydrogens (tertiary/aromatic N) is 1. The molecule has 0 saturated heterocycles. The number of anilines is 1. The van der Waals surface area contributed by atoms with Gasteiger partial charge in [0.15, 0.2) is 5.13 Å². The minimum absolute atomic E-state index is 0.0795. The highest BCUT2D eigenvalue weighted by molar-refractivity contribution is 7.13. The van der Waals surface area contributed by atoms with Gasteiger partial charge in [-0.2, -0.15) is 0 Å². The third kappa shape index (κ3) is 4.58. The monoisotopic (exact) mass is 281 g/mol. The van der Waals surface area contributed by atoms with Gasteiger partial charge in [0.1, 0.15) is 0 Å². The molecule has 1 unspecified atom stereocenters. The van der Waals surface area contributed by atoms with Crippen LogP contribution in [0.25, 0.3) is 0 Å². The Kier molecular flexibility index (Phi) is 5.34. The number of rotatable bonds is 5. The van der Waals surface area contributed by atoms with Crippen LogP contribution in [-0.4, -0.2) is 10.9 Å². The van der Waals surface area contributed by atoms with Crippen LogP contribution in [0.3, 0.4) is 0 Å². The van der Waals surface area contributed by atoms with Gasteiger partial charge in [-0.3, -0.25) is 4.79 Å². The van der Waals surface area contributed by atoms with E-state index in [4.69, 9.17) is 5.73 Å². The summed E-state index contributed by atoms with van der Waals surface area (Å²) in [6.45, 7) is 1.89. The van der Waals surface area contributed by atoms with E-state index in [1.165, 1.54) is 43.4 Å². The van der Waals surface area contributed by atoms with Gasteiger partial charge in [0.25, 0.3) is 0 Å².